The molecule has 2 aromatic carbocycles. The average molecular weight is 392 g/mol. The predicted molar refractivity (Wildman–Crippen MR) is 109 cm³/mol. The van der Waals surface area contributed by atoms with Crippen LogP contribution in [-0.2, 0) is 24.2 Å². The first-order valence-corrected chi connectivity index (χ1v) is 9.84. The molecule has 6 heteroatoms. The molecule has 0 fully saturated rings. The highest BCUT2D eigenvalue weighted by atomic mass is 16.5. The molecule has 2 heterocycles. The summed E-state index contributed by atoms with van der Waals surface area (Å²) in [5.41, 5.74) is 3.75. The monoisotopic (exact) mass is 392 g/mol. The van der Waals surface area contributed by atoms with Crippen LogP contribution in [0.1, 0.15) is 30.7 Å². The SMILES string of the molecule is CCOc1ccc(CC(=O)NCc2cc(-c3ccc4c(c3)CC(C)O4)on2)cc1. The maximum absolute atomic E-state index is 12.2. The fraction of sp³-hybridized carbons (Fsp3) is 0.304. The van der Waals surface area contributed by atoms with Gasteiger partial charge in [-0.05, 0) is 55.3 Å². The van der Waals surface area contributed by atoms with Crippen LogP contribution in [0.25, 0.3) is 11.3 Å². The Morgan fingerprint density at radius 2 is 2.03 bits per heavy atom. The molecule has 1 amide bonds. The number of nitrogens with zero attached hydrogens (tertiary/aromatic N) is 1. The number of carbonyl (C=O) groups is 1. The Hall–Kier alpha value is -3.28. The Bertz CT molecular complexity index is 994. The van der Waals surface area contributed by atoms with Crippen LogP contribution in [-0.4, -0.2) is 23.8 Å². The number of hydrogen-bond donors (Lipinski definition) is 1. The van der Waals surface area contributed by atoms with Gasteiger partial charge in [0.15, 0.2) is 5.76 Å². The fourth-order valence-electron chi connectivity index (χ4n) is 3.41. The first-order valence-electron chi connectivity index (χ1n) is 9.84. The number of aromatic nitrogens is 1. The van der Waals surface area contributed by atoms with Crippen molar-refractivity contribution in [2.24, 2.45) is 0 Å². The molecule has 3 aromatic rings. The van der Waals surface area contributed by atoms with Gasteiger partial charge < -0.3 is 19.3 Å². The molecule has 1 aliphatic rings. The molecule has 150 valence electrons. The summed E-state index contributed by atoms with van der Waals surface area (Å²) < 4.78 is 16.6. The van der Waals surface area contributed by atoms with E-state index in [0.29, 0.717) is 31.0 Å². The van der Waals surface area contributed by atoms with Crippen LogP contribution in [0.4, 0.5) is 0 Å². The Morgan fingerprint density at radius 1 is 1.21 bits per heavy atom. The Balaban J connectivity index is 1.32. The van der Waals surface area contributed by atoms with Gasteiger partial charge in [-0.25, -0.2) is 0 Å². The molecule has 1 unspecified atom stereocenters. The molecule has 0 saturated carbocycles. The lowest BCUT2D eigenvalue weighted by Crippen LogP contribution is -2.24. The van der Waals surface area contributed by atoms with Gasteiger partial charge in [0.05, 0.1) is 19.6 Å². The molecule has 0 radical (unpaired) electrons. The summed E-state index contributed by atoms with van der Waals surface area (Å²) in [5, 5.41) is 6.96. The van der Waals surface area contributed by atoms with Crippen molar-refractivity contribution >= 4 is 5.91 Å². The van der Waals surface area contributed by atoms with Crippen molar-refractivity contribution in [1.82, 2.24) is 10.5 Å². The molecule has 1 N–H and O–H groups in total. The molecule has 6 nitrogen and oxygen atoms in total. The molecule has 1 aromatic heterocycles. The summed E-state index contributed by atoms with van der Waals surface area (Å²) in [7, 11) is 0. The molecular weight excluding hydrogens is 368 g/mol. The molecule has 4 rings (SSSR count). The molecule has 0 spiro atoms. The first-order chi connectivity index (χ1) is 14.1. The molecular formula is C23H24N2O4. The number of ether oxygens (including phenoxy) is 2. The summed E-state index contributed by atoms with van der Waals surface area (Å²) in [6.07, 6.45) is 1.41. The van der Waals surface area contributed by atoms with Gasteiger partial charge in [-0.3, -0.25) is 4.79 Å². The summed E-state index contributed by atoms with van der Waals surface area (Å²) in [5.74, 6) is 2.35. The second kappa shape index (κ2) is 8.39. The van der Waals surface area contributed by atoms with Crippen molar-refractivity contribution in [2.45, 2.75) is 39.3 Å². The summed E-state index contributed by atoms with van der Waals surface area (Å²) in [6, 6.07) is 15.4. The van der Waals surface area contributed by atoms with E-state index in [0.717, 1.165) is 29.0 Å². The maximum Gasteiger partial charge on any atom is 0.224 e. The highest BCUT2D eigenvalue weighted by molar-refractivity contribution is 5.78. The smallest absolute Gasteiger partial charge is 0.224 e. The van der Waals surface area contributed by atoms with E-state index in [2.05, 4.69) is 23.5 Å². The van der Waals surface area contributed by atoms with Crippen molar-refractivity contribution < 1.29 is 18.8 Å². The molecule has 0 aliphatic carbocycles. The third kappa shape index (κ3) is 4.59. The van der Waals surface area contributed by atoms with Gasteiger partial charge in [-0.15, -0.1) is 0 Å². The van der Waals surface area contributed by atoms with Crippen LogP contribution >= 0.6 is 0 Å². The number of hydrogen-bond acceptors (Lipinski definition) is 5. The van der Waals surface area contributed by atoms with Crippen LogP contribution < -0.4 is 14.8 Å². The summed E-state index contributed by atoms with van der Waals surface area (Å²) >= 11 is 0. The van der Waals surface area contributed by atoms with Crippen molar-refractivity contribution in [2.75, 3.05) is 6.61 Å². The summed E-state index contributed by atoms with van der Waals surface area (Å²) in [6.45, 7) is 4.94. The Kier molecular flexibility index (Phi) is 5.51. The lowest BCUT2D eigenvalue weighted by molar-refractivity contribution is -0.120. The predicted octanol–water partition coefficient (Wildman–Crippen LogP) is 3.92. The molecule has 0 saturated heterocycles. The second-order valence-corrected chi connectivity index (χ2v) is 7.17. The number of nitrogens with one attached hydrogen (secondary N) is 1. The standard InChI is InChI=1S/C23H24N2O4/c1-3-27-20-7-4-16(5-8-20)11-23(26)24-14-19-13-22(29-25-19)17-6-9-21-18(12-17)10-15(2)28-21/h4-9,12-13,15H,3,10-11,14H2,1-2H3,(H,24,26). The number of fused-ring (bicyclic) bond motifs is 1. The number of rotatable bonds is 7. The van der Waals surface area contributed by atoms with Crippen molar-refractivity contribution in [1.29, 1.82) is 0 Å². The van der Waals surface area contributed by atoms with E-state index in [1.54, 1.807) is 0 Å². The number of benzene rings is 2. The van der Waals surface area contributed by atoms with E-state index in [9.17, 15) is 4.79 Å². The van der Waals surface area contributed by atoms with Crippen LogP contribution in [0.5, 0.6) is 11.5 Å². The molecule has 29 heavy (non-hydrogen) atoms. The third-order valence-corrected chi connectivity index (χ3v) is 4.81. The average Bonchev–Trinajstić information content (AvgIpc) is 3.33. The van der Waals surface area contributed by atoms with Gasteiger partial charge in [-0.2, -0.15) is 0 Å². The zero-order chi connectivity index (χ0) is 20.2. The van der Waals surface area contributed by atoms with Crippen LogP contribution in [0.3, 0.4) is 0 Å². The fourth-order valence-corrected chi connectivity index (χ4v) is 3.41. The highest BCUT2D eigenvalue weighted by Gasteiger charge is 2.20. The van der Waals surface area contributed by atoms with Crippen molar-refractivity contribution in [3.05, 3.63) is 65.4 Å². The van der Waals surface area contributed by atoms with Crippen molar-refractivity contribution in [3.63, 3.8) is 0 Å². The quantitative estimate of drug-likeness (QED) is 0.660. The number of carbonyl (C=O) groups excluding carboxylic acids is 1. The van der Waals surface area contributed by atoms with E-state index < -0.39 is 0 Å². The normalized spacial score (nSPS) is 14.9. The minimum Gasteiger partial charge on any atom is -0.494 e. The minimum atomic E-state index is -0.0672. The Labute approximate surface area is 169 Å². The second-order valence-electron chi connectivity index (χ2n) is 7.17. The van der Waals surface area contributed by atoms with Gasteiger partial charge in [0.2, 0.25) is 5.91 Å². The van der Waals surface area contributed by atoms with Crippen molar-refractivity contribution in [3.8, 4) is 22.8 Å². The topological polar surface area (TPSA) is 73.6 Å². The van der Waals surface area contributed by atoms with Gasteiger partial charge in [-0.1, -0.05) is 17.3 Å². The Morgan fingerprint density at radius 3 is 2.83 bits per heavy atom. The highest BCUT2D eigenvalue weighted by Crippen LogP contribution is 2.33. The van der Waals surface area contributed by atoms with E-state index in [1.165, 1.54) is 5.56 Å². The molecule has 1 atom stereocenters. The first kappa shape index (κ1) is 19.1. The van der Waals surface area contributed by atoms with Crippen LogP contribution in [0.15, 0.2) is 53.1 Å². The van der Waals surface area contributed by atoms with Crippen LogP contribution in [0.2, 0.25) is 0 Å². The molecule has 1 aliphatic heterocycles. The van der Waals surface area contributed by atoms with Gasteiger partial charge >= 0.3 is 0 Å². The van der Waals surface area contributed by atoms with Gasteiger partial charge in [0.25, 0.3) is 0 Å². The molecule has 0 bridgehead atoms. The van der Waals surface area contributed by atoms with Gasteiger partial charge in [0.1, 0.15) is 23.3 Å². The lowest BCUT2D eigenvalue weighted by atomic mass is 10.1. The third-order valence-electron chi connectivity index (χ3n) is 4.81. The largest absolute Gasteiger partial charge is 0.494 e. The van der Waals surface area contributed by atoms with E-state index in [-0.39, 0.29) is 12.0 Å². The van der Waals surface area contributed by atoms with Crippen LogP contribution in [0, 0.1) is 0 Å². The van der Waals surface area contributed by atoms with E-state index in [4.69, 9.17) is 14.0 Å². The zero-order valence-electron chi connectivity index (χ0n) is 16.6. The lowest BCUT2D eigenvalue weighted by Gasteiger charge is -2.05. The van der Waals surface area contributed by atoms with E-state index in [1.807, 2.05) is 49.4 Å². The maximum atomic E-state index is 12.2. The minimum absolute atomic E-state index is 0.0672. The number of amides is 1. The van der Waals surface area contributed by atoms with Gasteiger partial charge in [0, 0.05) is 18.1 Å². The van der Waals surface area contributed by atoms with E-state index >= 15 is 0 Å². The zero-order valence-corrected chi connectivity index (χ0v) is 16.6. The summed E-state index contributed by atoms with van der Waals surface area (Å²) in [4.78, 5) is 12.2.